The van der Waals surface area contributed by atoms with E-state index in [1.165, 1.54) is 11.1 Å². The molecule has 6 nitrogen and oxygen atoms in total. The molecule has 1 fully saturated rings. The third-order valence-electron chi connectivity index (χ3n) is 4.35. The van der Waals surface area contributed by atoms with Crippen molar-refractivity contribution in [2.24, 2.45) is 0 Å². The zero-order valence-electron chi connectivity index (χ0n) is 13.8. The van der Waals surface area contributed by atoms with Crippen LogP contribution in [0.5, 0.6) is 5.75 Å². The molecule has 0 saturated heterocycles. The van der Waals surface area contributed by atoms with E-state index in [1.807, 2.05) is 30.3 Å². The lowest BCUT2D eigenvalue weighted by atomic mass is 10.1. The van der Waals surface area contributed by atoms with Gasteiger partial charge in [-0.3, -0.25) is 0 Å². The van der Waals surface area contributed by atoms with Gasteiger partial charge in [-0.2, -0.15) is 4.98 Å². The van der Waals surface area contributed by atoms with Gasteiger partial charge in [-0.1, -0.05) is 47.6 Å². The molecule has 2 atom stereocenters. The molecule has 128 valence electrons. The lowest BCUT2D eigenvalue weighted by molar-refractivity contribution is 0.306. The molecule has 0 aliphatic heterocycles. The summed E-state index contributed by atoms with van der Waals surface area (Å²) < 4.78 is 10.6. The summed E-state index contributed by atoms with van der Waals surface area (Å²) in [6.45, 7) is 1.15. The van der Waals surface area contributed by atoms with E-state index in [2.05, 4.69) is 39.7 Å². The highest BCUT2D eigenvalue weighted by Crippen LogP contribution is 2.41. The van der Waals surface area contributed by atoms with Gasteiger partial charge in [0.1, 0.15) is 12.4 Å². The molecule has 1 saturated carbocycles. The molecular formula is C19H20N4O2. The van der Waals surface area contributed by atoms with Crippen LogP contribution in [0.1, 0.15) is 29.3 Å². The van der Waals surface area contributed by atoms with E-state index < -0.39 is 0 Å². The van der Waals surface area contributed by atoms with Crippen LogP contribution < -0.4 is 15.8 Å². The molecule has 0 spiro atoms. The molecule has 0 amide bonds. The SMILES string of the molecule is Nc1nc(CNC2CC2c2ccc(OCc3ccccc3)cc2)no1. The largest absolute Gasteiger partial charge is 0.489 e. The van der Waals surface area contributed by atoms with Gasteiger partial charge in [0.2, 0.25) is 0 Å². The number of nitrogens with two attached hydrogens (primary N) is 1. The molecular weight excluding hydrogens is 316 g/mol. The van der Waals surface area contributed by atoms with Crippen LogP contribution in [0.4, 0.5) is 6.01 Å². The van der Waals surface area contributed by atoms with Gasteiger partial charge in [0, 0.05) is 12.0 Å². The van der Waals surface area contributed by atoms with E-state index in [4.69, 9.17) is 15.0 Å². The van der Waals surface area contributed by atoms with E-state index in [-0.39, 0.29) is 6.01 Å². The quantitative estimate of drug-likeness (QED) is 0.690. The van der Waals surface area contributed by atoms with Gasteiger partial charge in [0.15, 0.2) is 5.82 Å². The van der Waals surface area contributed by atoms with Crippen LogP contribution in [-0.4, -0.2) is 16.2 Å². The highest BCUT2D eigenvalue weighted by Gasteiger charge is 2.37. The summed E-state index contributed by atoms with van der Waals surface area (Å²) in [5.41, 5.74) is 7.90. The monoisotopic (exact) mass is 336 g/mol. The van der Waals surface area contributed by atoms with Crippen LogP contribution in [0.2, 0.25) is 0 Å². The number of hydrogen-bond donors (Lipinski definition) is 2. The Balaban J connectivity index is 1.26. The van der Waals surface area contributed by atoms with Crippen LogP contribution in [-0.2, 0) is 13.2 Å². The number of nitrogens with one attached hydrogen (secondary N) is 1. The Hall–Kier alpha value is -2.86. The molecule has 4 rings (SSSR count). The van der Waals surface area contributed by atoms with E-state index in [9.17, 15) is 0 Å². The van der Waals surface area contributed by atoms with Crippen molar-refractivity contribution in [2.75, 3.05) is 5.73 Å². The number of ether oxygens (including phenoxy) is 1. The molecule has 2 aromatic carbocycles. The number of rotatable bonds is 7. The van der Waals surface area contributed by atoms with Gasteiger partial charge in [-0.15, -0.1) is 0 Å². The minimum absolute atomic E-state index is 0.107. The molecule has 1 heterocycles. The zero-order chi connectivity index (χ0) is 17.1. The van der Waals surface area contributed by atoms with Crippen molar-refractivity contribution >= 4 is 6.01 Å². The molecule has 1 aromatic heterocycles. The molecule has 1 aliphatic carbocycles. The summed E-state index contributed by atoms with van der Waals surface area (Å²) in [5, 5.41) is 7.20. The van der Waals surface area contributed by atoms with Crippen molar-refractivity contribution in [3.05, 3.63) is 71.5 Å². The lowest BCUT2D eigenvalue weighted by Crippen LogP contribution is -2.18. The third kappa shape index (κ3) is 3.97. The Labute approximate surface area is 146 Å². The lowest BCUT2D eigenvalue weighted by Gasteiger charge is -2.07. The Bertz CT molecular complexity index is 817. The molecule has 3 aromatic rings. The first-order valence-electron chi connectivity index (χ1n) is 8.36. The van der Waals surface area contributed by atoms with Gasteiger partial charge in [0.05, 0.1) is 6.54 Å². The number of hydrogen-bond acceptors (Lipinski definition) is 6. The Morgan fingerprint density at radius 2 is 1.92 bits per heavy atom. The third-order valence-corrected chi connectivity index (χ3v) is 4.35. The van der Waals surface area contributed by atoms with E-state index in [1.54, 1.807) is 0 Å². The number of benzene rings is 2. The topological polar surface area (TPSA) is 86.2 Å². The van der Waals surface area contributed by atoms with E-state index >= 15 is 0 Å². The maximum atomic E-state index is 5.83. The summed E-state index contributed by atoms with van der Waals surface area (Å²) in [5.74, 6) is 2.00. The van der Waals surface area contributed by atoms with Gasteiger partial charge in [-0.25, -0.2) is 0 Å². The molecule has 1 aliphatic rings. The van der Waals surface area contributed by atoms with Crippen LogP contribution in [0.3, 0.4) is 0 Å². The fourth-order valence-corrected chi connectivity index (χ4v) is 2.90. The number of anilines is 1. The van der Waals surface area contributed by atoms with Crippen LogP contribution in [0.15, 0.2) is 59.1 Å². The molecule has 25 heavy (non-hydrogen) atoms. The molecule has 0 radical (unpaired) electrons. The van der Waals surface area contributed by atoms with Gasteiger partial charge >= 0.3 is 6.01 Å². The Kier molecular flexibility index (Phi) is 4.35. The predicted octanol–water partition coefficient (Wildman–Crippen LogP) is 2.88. The van der Waals surface area contributed by atoms with Crippen LogP contribution in [0.25, 0.3) is 0 Å². The van der Waals surface area contributed by atoms with Crippen LogP contribution >= 0.6 is 0 Å². The minimum Gasteiger partial charge on any atom is -0.489 e. The maximum absolute atomic E-state index is 5.83. The molecule has 2 unspecified atom stereocenters. The summed E-state index contributed by atoms with van der Waals surface area (Å²) >= 11 is 0. The second-order valence-electron chi connectivity index (χ2n) is 6.22. The summed E-state index contributed by atoms with van der Waals surface area (Å²) in [6.07, 6.45) is 1.11. The highest BCUT2D eigenvalue weighted by atomic mass is 16.5. The fourth-order valence-electron chi connectivity index (χ4n) is 2.90. The first-order valence-corrected chi connectivity index (χ1v) is 8.36. The fraction of sp³-hybridized carbons (Fsp3) is 0.263. The predicted molar refractivity (Wildman–Crippen MR) is 93.9 cm³/mol. The van der Waals surface area contributed by atoms with Crippen molar-refractivity contribution < 1.29 is 9.26 Å². The smallest absolute Gasteiger partial charge is 0.318 e. The summed E-state index contributed by atoms with van der Waals surface area (Å²) in [7, 11) is 0. The zero-order valence-corrected chi connectivity index (χ0v) is 13.8. The second kappa shape index (κ2) is 6.94. The first kappa shape index (κ1) is 15.7. The number of nitrogen functional groups attached to an aromatic ring is 1. The van der Waals surface area contributed by atoms with Crippen molar-refractivity contribution in [1.29, 1.82) is 0 Å². The van der Waals surface area contributed by atoms with Crippen molar-refractivity contribution in [3.63, 3.8) is 0 Å². The van der Waals surface area contributed by atoms with Crippen molar-refractivity contribution in [2.45, 2.75) is 31.5 Å². The Morgan fingerprint density at radius 3 is 2.64 bits per heavy atom. The van der Waals surface area contributed by atoms with Gasteiger partial charge in [0.25, 0.3) is 0 Å². The van der Waals surface area contributed by atoms with Gasteiger partial charge < -0.3 is 20.3 Å². The van der Waals surface area contributed by atoms with Crippen molar-refractivity contribution in [3.8, 4) is 5.75 Å². The second-order valence-corrected chi connectivity index (χ2v) is 6.22. The van der Waals surface area contributed by atoms with Crippen molar-refractivity contribution in [1.82, 2.24) is 15.5 Å². The average Bonchev–Trinajstić information content (AvgIpc) is 3.32. The average molecular weight is 336 g/mol. The van der Waals surface area contributed by atoms with E-state index in [0.29, 0.717) is 30.9 Å². The van der Waals surface area contributed by atoms with Gasteiger partial charge in [-0.05, 0) is 29.7 Å². The summed E-state index contributed by atoms with van der Waals surface area (Å²) in [6, 6.07) is 19.1. The molecule has 3 N–H and O–H groups in total. The number of nitrogens with zero attached hydrogens (tertiary/aromatic N) is 2. The normalized spacial score (nSPS) is 18.9. The minimum atomic E-state index is 0.107. The van der Waals surface area contributed by atoms with Crippen LogP contribution in [0, 0.1) is 0 Å². The first-order chi connectivity index (χ1) is 12.3. The maximum Gasteiger partial charge on any atom is 0.318 e. The molecule has 6 heteroatoms. The highest BCUT2D eigenvalue weighted by molar-refractivity contribution is 5.34. The van der Waals surface area contributed by atoms with E-state index in [0.717, 1.165) is 12.2 Å². The number of aromatic nitrogens is 2. The standard InChI is InChI=1S/C19H20N4O2/c20-19-22-18(23-25-19)11-21-17-10-16(17)14-6-8-15(9-7-14)24-12-13-4-2-1-3-5-13/h1-9,16-17,21H,10-12H2,(H2,20,22,23). The summed E-state index contributed by atoms with van der Waals surface area (Å²) in [4.78, 5) is 3.99. The molecule has 0 bridgehead atoms. The Morgan fingerprint density at radius 1 is 1.12 bits per heavy atom.